The van der Waals surface area contributed by atoms with Gasteiger partial charge in [0.15, 0.2) is 0 Å². The second-order valence-electron chi connectivity index (χ2n) is 7.81. The summed E-state index contributed by atoms with van der Waals surface area (Å²) in [5, 5.41) is 8.52. The minimum Gasteiger partial charge on any atom is -0.352 e. The summed E-state index contributed by atoms with van der Waals surface area (Å²) in [5.41, 5.74) is 2.08. The Morgan fingerprint density at radius 2 is 1.30 bits per heavy atom. The number of rotatable bonds is 9. The molecule has 0 unspecified atom stereocenters. The van der Waals surface area contributed by atoms with Crippen molar-refractivity contribution < 1.29 is 14.4 Å². The summed E-state index contributed by atoms with van der Waals surface area (Å²) >= 11 is 0. The summed E-state index contributed by atoms with van der Waals surface area (Å²) in [6.07, 6.45) is 0.801. The fourth-order valence-electron chi connectivity index (χ4n) is 3.19. The van der Waals surface area contributed by atoms with E-state index in [0.29, 0.717) is 34.6 Å². The van der Waals surface area contributed by atoms with E-state index in [1.165, 1.54) is 0 Å². The zero-order chi connectivity index (χ0) is 23.6. The van der Waals surface area contributed by atoms with Crippen molar-refractivity contribution >= 4 is 29.1 Å². The molecule has 0 saturated carbocycles. The van der Waals surface area contributed by atoms with Crippen LogP contribution in [0.3, 0.4) is 0 Å². The van der Waals surface area contributed by atoms with Crippen LogP contribution in [0.5, 0.6) is 0 Å². The van der Waals surface area contributed by atoms with Gasteiger partial charge in [0, 0.05) is 23.4 Å². The van der Waals surface area contributed by atoms with Gasteiger partial charge in [0.1, 0.15) is 0 Å². The third-order valence-electron chi connectivity index (χ3n) is 4.91. The van der Waals surface area contributed by atoms with E-state index in [1.807, 2.05) is 31.1 Å². The van der Waals surface area contributed by atoms with Crippen molar-refractivity contribution in [1.82, 2.24) is 10.2 Å². The Morgan fingerprint density at radius 1 is 0.727 bits per heavy atom. The highest BCUT2D eigenvalue weighted by atomic mass is 16.2. The smallest absolute Gasteiger partial charge is 0.255 e. The molecule has 7 nitrogen and oxygen atoms in total. The number of anilines is 2. The predicted molar refractivity (Wildman–Crippen MR) is 131 cm³/mol. The molecular weight excluding hydrogens is 416 g/mol. The monoisotopic (exact) mass is 444 g/mol. The largest absolute Gasteiger partial charge is 0.352 e. The molecule has 0 aliphatic heterocycles. The van der Waals surface area contributed by atoms with Crippen molar-refractivity contribution in [3.05, 3.63) is 95.6 Å². The molecule has 0 saturated heterocycles. The van der Waals surface area contributed by atoms with Crippen LogP contribution in [0.25, 0.3) is 0 Å². The Hall–Kier alpha value is -3.97. The molecule has 7 heteroatoms. The van der Waals surface area contributed by atoms with Crippen LogP contribution in [0.15, 0.2) is 78.9 Å². The number of carbonyl (C=O) groups excluding carboxylic acids is 3. The molecule has 0 atom stereocenters. The van der Waals surface area contributed by atoms with Crippen molar-refractivity contribution in [2.75, 3.05) is 37.8 Å². The van der Waals surface area contributed by atoms with Gasteiger partial charge >= 0.3 is 0 Å². The quantitative estimate of drug-likeness (QED) is 0.437. The lowest BCUT2D eigenvalue weighted by molar-refractivity contribution is 0.0952. The molecule has 0 radical (unpaired) electrons. The van der Waals surface area contributed by atoms with Gasteiger partial charge in [-0.2, -0.15) is 0 Å². The van der Waals surface area contributed by atoms with Crippen LogP contribution in [-0.2, 0) is 0 Å². The van der Waals surface area contributed by atoms with E-state index in [-0.39, 0.29) is 17.7 Å². The normalized spacial score (nSPS) is 10.5. The highest BCUT2D eigenvalue weighted by Crippen LogP contribution is 2.23. The number of nitrogens with one attached hydrogen (secondary N) is 3. The molecule has 3 aromatic rings. The lowest BCUT2D eigenvalue weighted by atomic mass is 10.1. The summed E-state index contributed by atoms with van der Waals surface area (Å²) in [6, 6.07) is 22.4. The van der Waals surface area contributed by atoms with E-state index in [2.05, 4.69) is 16.0 Å². The van der Waals surface area contributed by atoms with Crippen LogP contribution in [0, 0.1) is 0 Å². The van der Waals surface area contributed by atoms with E-state index in [4.69, 9.17) is 0 Å². The SMILES string of the molecule is CN(C)CCCNC(=O)c1ccc(NC(=O)c2ccccc2)cc1NC(=O)c1ccccc1. The first-order valence-corrected chi connectivity index (χ1v) is 10.7. The molecule has 3 amide bonds. The lowest BCUT2D eigenvalue weighted by Gasteiger charge is -2.15. The number of benzene rings is 3. The van der Waals surface area contributed by atoms with Gasteiger partial charge in [0.2, 0.25) is 0 Å². The maximum absolute atomic E-state index is 12.8. The maximum Gasteiger partial charge on any atom is 0.255 e. The molecule has 0 spiro atoms. The highest BCUT2D eigenvalue weighted by molar-refractivity contribution is 6.10. The summed E-state index contributed by atoms with van der Waals surface area (Å²) in [4.78, 5) is 40.1. The van der Waals surface area contributed by atoms with Crippen LogP contribution in [0.1, 0.15) is 37.5 Å². The minimum atomic E-state index is -0.344. The molecule has 0 bridgehead atoms. The zero-order valence-corrected chi connectivity index (χ0v) is 18.8. The number of hydrogen-bond donors (Lipinski definition) is 3. The molecule has 3 rings (SSSR count). The van der Waals surface area contributed by atoms with Crippen molar-refractivity contribution in [2.45, 2.75) is 6.42 Å². The highest BCUT2D eigenvalue weighted by Gasteiger charge is 2.16. The molecule has 3 aromatic carbocycles. The standard InChI is InChI=1S/C26H28N4O3/c1-30(2)17-9-16-27-26(33)22-15-14-21(28-24(31)19-10-5-3-6-11-19)18-23(22)29-25(32)20-12-7-4-8-13-20/h3-8,10-15,18H,9,16-17H2,1-2H3,(H,27,33)(H,28,31)(H,29,32). The Bertz CT molecular complexity index is 1100. The Morgan fingerprint density at radius 3 is 1.88 bits per heavy atom. The van der Waals surface area contributed by atoms with Gasteiger partial charge in [0.05, 0.1) is 11.3 Å². The first-order chi connectivity index (χ1) is 15.9. The molecular formula is C26H28N4O3. The average Bonchev–Trinajstić information content (AvgIpc) is 2.83. The van der Waals surface area contributed by atoms with Crippen LogP contribution in [0.4, 0.5) is 11.4 Å². The van der Waals surface area contributed by atoms with E-state index >= 15 is 0 Å². The second-order valence-corrected chi connectivity index (χ2v) is 7.81. The van der Waals surface area contributed by atoms with Crippen LogP contribution < -0.4 is 16.0 Å². The third kappa shape index (κ3) is 7.02. The molecule has 0 aromatic heterocycles. The fourth-order valence-corrected chi connectivity index (χ4v) is 3.19. The molecule has 33 heavy (non-hydrogen) atoms. The van der Waals surface area contributed by atoms with E-state index in [9.17, 15) is 14.4 Å². The van der Waals surface area contributed by atoms with Crippen molar-refractivity contribution in [2.24, 2.45) is 0 Å². The molecule has 0 aliphatic carbocycles. The molecule has 0 fully saturated rings. The van der Waals surface area contributed by atoms with Crippen molar-refractivity contribution in [3.8, 4) is 0 Å². The Labute approximate surface area is 193 Å². The van der Waals surface area contributed by atoms with Gasteiger partial charge in [-0.05, 0) is 69.5 Å². The molecule has 3 N–H and O–H groups in total. The summed E-state index contributed by atoms with van der Waals surface area (Å²) in [7, 11) is 3.95. The lowest BCUT2D eigenvalue weighted by Crippen LogP contribution is -2.28. The molecule has 170 valence electrons. The number of nitrogens with zero attached hydrogens (tertiary/aromatic N) is 1. The second kappa shape index (κ2) is 11.6. The fraction of sp³-hybridized carbons (Fsp3) is 0.192. The Kier molecular flexibility index (Phi) is 8.32. The number of carbonyl (C=O) groups is 3. The van der Waals surface area contributed by atoms with Gasteiger partial charge in [0.25, 0.3) is 17.7 Å². The van der Waals surface area contributed by atoms with Gasteiger partial charge in [-0.3, -0.25) is 14.4 Å². The maximum atomic E-state index is 12.8. The van der Waals surface area contributed by atoms with Crippen molar-refractivity contribution in [3.63, 3.8) is 0 Å². The number of hydrogen-bond acceptors (Lipinski definition) is 4. The summed E-state index contributed by atoms with van der Waals surface area (Å²) < 4.78 is 0. The van der Waals surface area contributed by atoms with Gasteiger partial charge in [-0.25, -0.2) is 0 Å². The molecule has 0 aliphatic rings. The van der Waals surface area contributed by atoms with Gasteiger partial charge in [-0.1, -0.05) is 36.4 Å². The molecule has 0 heterocycles. The third-order valence-corrected chi connectivity index (χ3v) is 4.91. The minimum absolute atomic E-state index is 0.281. The number of amides is 3. The summed E-state index contributed by atoms with van der Waals surface area (Å²) in [5.74, 6) is -0.918. The van der Waals surface area contributed by atoms with Gasteiger partial charge < -0.3 is 20.9 Å². The van der Waals surface area contributed by atoms with E-state index < -0.39 is 0 Å². The first kappa shape index (κ1) is 23.7. The zero-order valence-electron chi connectivity index (χ0n) is 18.8. The van der Waals surface area contributed by atoms with E-state index in [0.717, 1.165) is 13.0 Å². The van der Waals surface area contributed by atoms with Crippen LogP contribution in [0.2, 0.25) is 0 Å². The first-order valence-electron chi connectivity index (χ1n) is 10.7. The van der Waals surface area contributed by atoms with Crippen LogP contribution >= 0.6 is 0 Å². The van der Waals surface area contributed by atoms with E-state index in [1.54, 1.807) is 66.7 Å². The van der Waals surface area contributed by atoms with Crippen LogP contribution in [-0.4, -0.2) is 49.8 Å². The topological polar surface area (TPSA) is 90.5 Å². The summed E-state index contributed by atoms with van der Waals surface area (Å²) in [6.45, 7) is 1.36. The Balaban J connectivity index is 1.81. The van der Waals surface area contributed by atoms with Crippen molar-refractivity contribution in [1.29, 1.82) is 0 Å². The predicted octanol–water partition coefficient (Wildman–Crippen LogP) is 3.87. The average molecular weight is 445 g/mol. The van der Waals surface area contributed by atoms with Gasteiger partial charge in [-0.15, -0.1) is 0 Å².